The molecular formula is C21H24N4O. The van der Waals surface area contributed by atoms with E-state index in [9.17, 15) is 4.79 Å². The standard InChI is InChI=1S/C21H24N4O/c1-3-13-25(14-4-2)21(26)19-11-10-17(15-23-19)24-18-9-5-7-16-8-6-12-22-20(16)18/h5-12,15,24H,3-4,13-14H2,1-2H3. The molecule has 0 bridgehead atoms. The van der Waals surface area contributed by atoms with E-state index in [4.69, 9.17) is 0 Å². The third-order valence-corrected chi connectivity index (χ3v) is 4.17. The van der Waals surface area contributed by atoms with Crippen molar-refractivity contribution in [3.8, 4) is 0 Å². The van der Waals surface area contributed by atoms with Crippen molar-refractivity contribution < 1.29 is 4.79 Å². The molecule has 0 aliphatic heterocycles. The normalized spacial score (nSPS) is 10.7. The summed E-state index contributed by atoms with van der Waals surface area (Å²) in [7, 11) is 0. The van der Waals surface area contributed by atoms with Crippen LogP contribution in [-0.2, 0) is 0 Å². The number of nitrogens with zero attached hydrogens (tertiary/aromatic N) is 3. The zero-order valence-corrected chi connectivity index (χ0v) is 15.3. The SMILES string of the molecule is CCCN(CCC)C(=O)c1ccc(Nc2cccc3cccnc23)cn1. The van der Waals surface area contributed by atoms with Crippen molar-refractivity contribution in [2.75, 3.05) is 18.4 Å². The lowest BCUT2D eigenvalue weighted by Crippen LogP contribution is -2.33. The van der Waals surface area contributed by atoms with Gasteiger partial charge in [0, 0.05) is 24.7 Å². The largest absolute Gasteiger partial charge is 0.352 e. The molecule has 3 rings (SSSR count). The van der Waals surface area contributed by atoms with Crippen molar-refractivity contribution in [2.45, 2.75) is 26.7 Å². The maximum absolute atomic E-state index is 12.6. The van der Waals surface area contributed by atoms with Crippen molar-refractivity contribution in [1.82, 2.24) is 14.9 Å². The number of hydrogen-bond acceptors (Lipinski definition) is 4. The first kappa shape index (κ1) is 17.9. The lowest BCUT2D eigenvalue weighted by Gasteiger charge is -2.21. The van der Waals surface area contributed by atoms with Gasteiger partial charge in [0.15, 0.2) is 0 Å². The smallest absolute Gasteiger partial charge is 0.272 e. The molecule has 1 N–H and O–H groups in total. The van der Waals surface area contributed by atoms with Crippen molar-refractivity contribution in [3.05, 3.63) is 60.6 Å². The van der Waals surface area contributed by atoms with Gasteiger partial charge in [0.2, 0.25) is 0 Å². The number of carbonyl (C=O) groups is 1. The molecule has 3 aromatic rings. The fourth-order valence-corrected chi connectivity index (χ4v) is 2.97. The predicted octanol–water partition coefficient (Wildman–Crippen LogP) is 4.64. The molecule has 26 heavy (non-hydrogen) atoms. The summed E-state index contributed by atoms with van der Waals surface area (Å²) in [4.78, 5) is 23.3. The number of benzene rings is 1. The second-order valence-corrected chi connectivity index (χ2v) is 6.23. The number of aromatic nitrogens is 2. The van der Waals surface area contributed by atoms with Gasteiger partial charge in [-0.2, -0.15) is 0 Å². The van der Waals surface area contributed by atoms with Gasteiger partial charge in [-0.05, 0) is 37.1 Å². The number of hydrogen-bond donors (Lipinski definition) is 1. The molecule has 0 saturated carbocycles. The van der Waals surface area contributed by atoms with E-state index in [1.807, 2.05) is 41.3 Å². The Morgan fingerprint density at radius 2 is 1.77 bits per heavy atom. The Balaban J connectivity index is 1.78. The number of nitrogens with one attached hydrogen (secondary N) is 1. The number of rotatable bonds is 7. The van der Waals surface area contributed by atoms with E-state index in [0.717, 1.165) is 48.2 Å². The van der Waals surface area contributed by atoms with Crippen LogP contribution in [0.25, 0.3) is 10.9 Å². The molecule has 2 aromatic heterocycles. The lowest BCUT2D eigenvalue weighted by molar-refractivity contribution is 0.0749. The summed E-state index contributed by atoms with van der Waals surface area (Å²) < 4.78 is 0. The maximum atomic E-state index is 12.6. The minimum absolute atomic E-state index is 0.00734. The van der Waals surface area contributed by atoms with Crippen molar-refractivity contribution in [3.63, 3.8) is 0 Å². The van der Waals surface area contributed by atoms with E-state index >= 15 is 0 Å². The number of amides is 1. The van der Waals surface area contributed by atoms with Gasteiger partial charge in [-0.3, -0.25) is 9.78 Å². The van der Waals surface area contributed by atoms with Crippen LogP contribution in [0.2, 0.25) is 0 Å². The van der Waals surface area contributed by atoms with Crippen LogP contribution in [0.1, 0.15) is 37.2 Å². The Morgan fingerprint density at radius 3 is 2.46 bits per heavy atom. The van der Waals surface area contributed by atoms with Gasteiger partial charge >= 0.3 is 0 Å². The van der Waals surface area contributed by atoms with Gasteiger partial charge in [0.25, 0.3) is 5.91 Å². The molecular weight excluding hydrogens is 324 g/mol. The van der Waals surface area contributed by atoms with E-state index in [1.54, 1.807) is 18.5 Å². The van der Waals surface area contributed by atoms with Gasteiger partial charge in [-0.15, -0.1) is 0 Å². The average Bonchev–Trinajstić information content (AvgIpc) is 2.68. The summed E-state index contributed by atoms with van der Waals surface area (Å²) >= 11 is 0. The van der Waals surface area contributed by atoms with E-state index in [2.05, 4.69) is 29.1 Å². The maximum Gasteiger partial charge on any atom is 0.272 e. The second-order valence-electron chi connectivity index (χ2n) is 6.23. The van der Waals surface area contributed by atoms with Crippen LogP contribution >= 0.6 is 0 Å². The Labute approximate surface area is 154 Å². The topological polar surface area (TPSA) is 58.1 Å². The average molecular weight is 348 g/mol. The first-order chi connectivity index (χ1) is 12.7. The highest BCUT2D eigenvalue weighted by molar-refractivity contribution is 5.93. The monoisotopic (exact) mass is 348 g/mol. The number of pyridine rings is 2. The molecule has 1 amide bonds. The number of carbonyl (C=O) groups excluding carboxylic acids is 1. The molecule has 5 nitrogen and oxygen atoms in total. The molecule has 0 radical (unpaired) electrons. The molecule has 0 spiro atoms. The van der Waals surface area contributed by atoms with Crippen LogP contribution in [-0.4, -0.2) is 33.9 Å². The molecule has 0 atom stereocenters. The molecule has 0 unspecified atom stereocenters. The minimum atomic E-state index is -0.00734. The first-order valence-corrected chi connectivity index (χ1v) is 9.09. The van der Waals surface area contributed by atoms with Gasteiger partial charge in [0.05, 0.1) is 23.1 Å². The van der Waals surface area contributed by atoms with Crippen molar-refractivity contribution >= 4 is 28.2 Å². The predicted molar refractivity (Wildman–Crippen MR) is 106 cm³/mol. The second kappa shape index (κ2) is 8.43. The summed E-state index contributed by atoms with van der Waals surface area (Å²) in [5.74, 6) is -0.00734. The van der Waals surface area contributed by atoms with Crippen LogP contribution in [0.15, 0.2) is 54.9 Å². The number of para-hydroxylation sites is 1. The van der Waals surface area contributed by atoms with Gasteiger partial charge in [-0.25, -0.2) is 4.98 Å². The Kier molecular flexibility index (Phi) is 5.79. The van der Waals surface area contributed by atoms with Crippen molar-refractivity contribution in [2.24, 2.45) is 0 Å². The Bertz CT molecular complexity index is 865. The molecule has 134 valence electrons. The highest BCUT2D eigenvalue weighted by Crippen LogP contribution is 2.24. The lowest BCUT2D eigenvalue weighted by atomic mass is 10.2. The fourth-order valence-electron chi connectivity index (χ4n) is 2.97. The Hall–Kier alpha value is -2.95. The first-order valence-electron chi connectivity index (χ1n) is 9.09. The summed E-state index contributed by atoms with van der Waals surface area (Å²) in [6.45, 7) is 5.68. The van der Waals surface area contributed by atoms with Gasteiger partial charge in [-0.1, -0.05) is 32.0 Å². The van der Waals surface area contributed by atoms with E-state index < -0.39 is 0 Å². The van der Waals surface area contributed by atoms with Crippen LogP contribution in [0.4, 0.5) is 11.4 Å². The number of anilines is 2. The van der Waals surface area contributed by atoms with Crippen LogP contribution in [0.3, 0.4) is 0 Å². The summed E-state index contributed by atoms with van der Waals surface area (Å²) in [5, 5.41) is 4.42. The van der Waals surface area contributed by atoms with Crippen LogP contribution in [0, 0.1) is 0 Å². The quantitative estimate of drug-likeness (QED) is 0.676. The molecule has 5 heteroatoms. The summed E-state index contributed by atoms with van der Waals surface area (Å²) in [6.07, 6.45) is 5.37. The number of fused-ring (bicyclic) bond motifs is 1. The minimum Gasteiger partial charge on any atom is -0.352 e. The zero-order valence-electron chi connectivity index (χ0n) is 15.3. The van der Waals surface area contributed by atoms with Gasteiger partial charge < -0.3 is 10.2 Å². The molecule has 0 fully saturated rings. The summed E-state index contributed by atoms with van der Waals surface area (Å²) in [6, 6.07) is 13.6. The van der Waals surface area contributed by atoms with E-state index in [1.165, 1.54) is 0 Å². The fraction of sp³-hybridized carbons (Fsp3) is 0.286. The highest BCUT2D eigenvalue weighted by Gasteiger charge is 2.15. The van der Waals surface area contributed by atoms with E-state index in [0.29, 0.717) is 5.69 Å². The van der Waals surface area contributed by atoms with Crippen molar-refractivity contribution in [1.29, 1.82) is 0 Å². The molecule has 0 aliphatic carbocycles. The molecule has 2 heterocycles. The zero-order chi connectivity index (χ0) is 18.4. The van der Waals surface area contributed by atoms with E-state index in [-0.39, 0.29) is 5.91 Å². The van der Waals surface area contributed by atoms with Crippen LogP contribution < -0.4 is 5.32 Å². The summed E-state index contributed by atoms with van der Waals surface area (Å²) in [5.41, 5.74) is 3.14. The highest BCUT2D eigenvalue weighted by atomic mass is 16.2. The molecule has 0 saturated heterocycles. The molecule has 1 aromatic carbocycles. The third kappa shape index (κ3) is 3.99. The van der Waals surface area contributed by atoms with Gasteiger partial charge in [0.1, 0.15) is 5.69 Å². The third-order valence-electron chi connectivity index (χ3n) is 4.17. The molecule has 0 aliphatic rings. The Morgan fingerprint density at radius 1 is 1.00 bits per heavy atom. The van der Waals surface area contributed by atoms with Crippen LogP contribution in [0.5, 0.6) is 0 Å².